The lowest BCUT2D eigenvalue weighted by molar-refractivity contribution is 0.203. The van der Waals surface area contributed by atoms with Crippen molar-refractivity contribution in [1.82, 2.24) is 10.2 Å². The fraction of sp³-hybridized carbons (Fsp3) is 0.889. The van der Waals surface area contributed by atoms with Crippen molar-refractivity contribution in [3.05, 3.63) is 0 Å². The average molecular weight is 220 g/mol. The lowest BCUT2D eigenvalue weighted by Gasteiger charge is -2.20. The van der Waals surface area contributed by atoms with Gasteiger partial charge in [0.05, 0.1) is 0 Å². The van der Waals surface area contributed by atoms with Gasteiger partial charge in [-0.15, -0.1) is 0 Å². The molecule has 0 radical (unpaired) electrons. The molecule has 5 heteroatoms. The van der Waals surface area contributed by atoms with Crippen LogP contribution in [-0.2, 0) is 10.8 Å². The fourth-order valence-electron chi connectivity index (χ4n) is 0.971. The van der Waals surface area contributed by atoms with Gasteiger partial charge in [0.1, 0.15) is 0 Å². The van der Waals surface area contributed by atoms with Gasteiger partial charge in [-0.25, -0.2) is 4.79 Å². The molecule has 0 aromatic heterocycles. The summed E-state index contributed by atoms with van der Waals surface area (Å²) >= 11 is 0. The van der Waals surface area contributed by atoms with Gasteiger partial charge in [0.2, 0.25) is 0 Å². The highest BCUT2D eigenvalue weighted by molar-refractivity contribution is 7.84. The quantitative estimate of drug-likeness (QED) is 0.745. The molecular formula is C9H20N2O2S. The molecule has 0 fully saturated rings. The Kier molecular flexibility index (Phi) is 6.53. The van der Waals surface area contributed by atoms with Gasteiger partial charge in [-0.3, -0.25) is 4.21 Å². The van der Waals surface area contributed by atoms with Gasteiger partial charge in [0.25, 0.3) is 0 Å². The maximum absolute atomic E-state index is 11.4. The number of rotatable bonds is 5. The van der Waals surface area contributed by atoms with Crippen molar-refractivity contribution >= 4 is 16.8 Å². The number of nitrogens with zero attached hydrogens (tertiary/aromatic N) is 1. The van der Waals surface area contributed by atoms with Gasteiger partial charge in [-0.1, -0.05) is 0 Å². The van der Waals surface area contributed by atoms with E-state index in [2.05, 4.69) is 5.32 Å². The van der Waals surface area contributed by atoms with Crippen molar-refractivity contribution in [2.75, 3.05) is 25.9 Å². The molecule has 0 bridgehead atoms. The summed E-state index contributed by atoms with van der Waals surface area (Å²) in [6.07, 6.45) is 1.65. The standard InChI is InChI=1S/C9H20N2O2S/c1-5-11(6-2)9(12)10-7-8(3)14(4)13/h8H,5-7H2,1-4H3,(H,10,12). The molecule has 0 saturated carbocycles. The molecule has 0 spiro atoms. The summed E-state index contributed by atoms with van der Waals surface area (Å²) in [6, 6.07) is -0.0766. The van der Waals surface area contributed by atoms with Crippen LogP contribution in [0.4, 0.5) is 4.79 Å². The molecule has 0 rings (SSSR count). The van der Waals surface area contributed by atoms with Crippen LogP contribution in [0.5, 0.6) is 0 Å². The summed E-state index contributed by atoms with van der Waals surface area (Å²) in [5, 5.41) is 2.77. The SMILES string of the molecule is CCN(CC)C(=O)NCC(C)S(C)=O. The average Bonchev–Trinajstić information content (AvgIpc) is 2.15. The second-order valence-corrected chi connectivity index (χ2v) is 4.97. The van der Waals surface area contributed by atoms with Gasteiger partial charge in [0.15, 0.2) is 0 Å². The highest BCUT2D eigenvalue weighted by atomic mass is 32.2. The maximum atomic E-state index is 11.4. The number of hydrogen-bond acceptors (Lipinski definition) is 2. The summed E-state index contributed by atoms with van der Waals surface area (Å²) in [5.41, 5.74) is 0. The Balaban J connectivity index is 3.89. The highest BCUT2D eigenvalue weighted by Gasteiger charge is 2.11. The van der Waals surface area contributed by atoms with Crippen molar-refractivity contribution in [3.8, 4) is 0 Å². The van der Waals surface area contributed by atoms with Gasteiger partial charge in [0, 0.05) is 41.9 Å². The van der Waals surface area contributed by atoms with Crippen LogP contribution < -0.4 is 5.32 Å². The first kappa shape index (κ1) is 13.4. The van der Waals surface area contributed by atoms with Crippen LogP contribution in [0, 0.1) is 0 Å². The van der Waals surface area contributed by atoms with Crippen LogP contribution in [0.3, 0.4) is 0 Å². The molecule has 0 aliphatic heterocycles. The van der Waals surface area contributed by atoms with Gasteiger partial charge in [-0.2, -0.15) is 0 Å². The van der Waals surface area contributed by atoms with Crippen LogP contribution in [0.15, 0.2) is 0 Å². The van der Waals surface area contributed by atoms with E-state index in [9.17, 15) is 9.00 Å². The molecular weight excluding hydrogens is 200 g/mol. The van der Waals surface area contributed by atoms with E-state index in [-0.39, 0.29) is 11.3 Å². The minimum Gasteiger partial charge on any atom is -0.337 e. The Morgan fingerprint density at radius 1 is 1.43 bits per heavy atom. The Morgan fingerprint density at radius 3 is 2.29 bits per heavy atom. The predicted molar refractivity (Wildman–Crippen MR) is 59.8 cm³/mol. The van der Waals surface area contributed by atoms with Crippen LogP contribution in [0.1, 0.15) is 20.8 Å². The van der Waals surface area contributed by atoms with Crippen molar-refractivity contribution < 1.29 is 9.00 Å². The number of nitrogens with one attached hydrogen (secondary N) is 1. The molecule has 0 aliphatic carbocycles. The number of hydrogen-bond donors (Lipinski definition) is 1. The Morgan fingerprint density at radius 2 is 1.93 bits per heavy atom. The van der Waals surface area contributed by atoms with E-state index in [0.29, 0.717) is 19.6 Å². The maximum Gasteiger partial charge on any atom is 0.317 e. The summed E-state index contributed by atoms with van der Waals surface area (Å²) in [4.78, 5) is 13.1. The van der Waals surface area contributed by atoms with Crippen LogP contribution in [0.2, 0.25) is 0 Å². The van der Waals surface area contributed by atoms with Crippen LogP contribution in [-0.4, -0.2) is 46.3 Å². The molecule has 0 heterocycles. The van der Waals surface area contributed by atoms with E-state index in [4.69, 9.17) is 0 Å². The van der Waals surface area contributed by atoms with Gasteiger partial charge < -0.3 is 10.2 Å². The normalized spacial score (nSPS) is 14.6. The molecule has 0 aromatic carbocycles. The molecule has 2 amide bonds. The van der Waals surface area contributed by atoms with Crippen LogP contribution in [0.25, 0.3) is 0 Å². The van der Waals surface area contributed by atoms with Gasteiger partial charge in [-0.05, 0) is 20.8 Å². The molecule has 0 saturated heterocycles. The third-order valence-electron chi connectivity index (χ3n) is 2.16. The number of carbonyl (C=O) groups is 1. The van der Waals surface area contributed by atoms with Crippen molar-refractivity contribution in [2.45, 2.75) is 26.0 Å². The number of carbonyl (C=O) groups excluding carboxylic acids is 1. The minimum absolute atomic E-state index is 0.00881. The van der Waals surface area contributed by atoms with E-state index in [1.54, 1.807) is 11.2 Å². The molecule has 4 nitrogen and oxygen atoms in total. The van der Waals surface area contributed by atoms with Crippen molar-refractivity contribution in [1.29, 1.82) is 0 Å². The zero-order valence-corrected chi connectivity index (χ0v) is 10.2. The Hall–Kier alpha value is -0.580. The molecule has 2 unspecified atom stereocenters. The summed E-state index contributed by atoms with van der Waals surface area (Å²) in [5.74, 6) is 0. The number of amides is 2. The molecule has 84 valence electrons. The third kappa shape index (κ3) is 4.60. The molecule has 2 atom stereocenters. The second-order valence-electron chi connectivity index (χ2n) is 3.17. The van der Waals surface area contributed by atoms with E-state index in [0.717, 1.165) is 0 Å². The van der Waals surface area contributed by atoms with Crippen molar-refractivity contribution in [3.63, 3.8) is 0 Å². The number of urea groups is 1. The van der Waals surface area contributed by atoms with E-state index < -0.39 is 10.8 Å². The Bertz CT molecular complexity index is 205. The first-order chi connectivity index (χ1) is 6.52. The summed E-state index contributed by atoms with van der Waals surface area (Å²) < 4.78 is 11.0. The molecule has 1 N–H and O–H groups in total. The summed E-state index contributed by atoms with van der Waals surface area (Å²) in [7, 11) is -0.877. The highest BCUT2D eigenvalue weighted by Crippen LogP contribution is 1.92. The van der Waals surface area contributed by atoms with Crippen molar-refractivity contribution in [2.24, 2.45) is 0 Å². The fourth-order valence-corrected chi connectivity index (χ4v) is 1.29. The third-order valence-corrected chi connectivity index (χ3v) is 3.46. The first-order valence-electron chi connectivity index (χ1n) is 4.87. The lowest BCUT2D eigenvalue weighted by Crippen LogP contribution is -2.42. The van der Waals surface area contributed by atoms with Crippen LogP contribution >= 0.6 is 0 Å². The largest absolute Gasteiger partial charge is 0.337 e. The Labute approximate surface area is 88.5 Å². The molecule has 0 aromatic rings. The predicted octanol–water partition coefficient (Wildman–Crippen LogP) is 0.805. The topological polar surface area (TPSA) is 49.4 Å². The smallest absolute Gasteiger partial charge is 0.317 e. The van der Waals surface area contributed by atoms with E-state index in [1.807, 2.05) is 20.8 Å². The van der Waals surface area contributed by atoms with E-state index in [1.165, 1.54) is 0 Å². The summed E-state index contributed by atoms with van der Waals surface area (Å²) in [6.45, 7) is 7.60. The first-order valence-corrected chi connectivity index (χ1v) is 6.50. The second kappa shape index (κ2) is 6.81. The lowest BCUT2D eigenvalue weighted by atomic mass is 10.4. The van der Waals surface area contributed by atoms with Gasteiger partial charge >= 0.3 is 6.03 Å². The zero-order valence-electron chi connectivity index (χ0n) is 9.37. The zero-order chi connectivity index (χ0) is 11.1. The molecule has 14 heavy (non-hydrogen) atoms. The van der Waals surface area contributed by atoms with E-state index >= 15 is 0 Å². The monoisotopic (exact) mass is 220 g/mol. The molecule has 0 aliphatic rings. The minimum atomic E-state index is -0.877.